The second-order valence-electron chi connectivity index (χ2n) is 10.4. The fourth-order valence-electron chi connectivity index (χ4n) is 6.87. The Bertz CT molecular complexity index is 645. The molecule has 3 heteroatoms. The molecule has 4 fully saturated rings. The maximum Gasteiger partial charge on any atom is 0.253 e. The summed E-state index contributed by atoms with van der Waals surface area (Å²) in [5.74, 6) is 3.84. The van der Waals surface area contributed by atoms with Crippen LogP contribution in [-0.2, 0) is 0 Å². The highest BCUT2D eigenvalue weighted by atomic mass is 16.5. The van der Waals surface area contributed by atoms with Crippen LogP contribution < -0.4 is 4.74 Å². The number of hydrogen-bond donors (Lipinski definition) is 0. The Morgan fingerprint density at radius 2 is 1.55 bits per heavy atom. The Labute approximate surface area is 177 Å². The first-order valence-corrected chi connectivity index (χ1v) is 12.1. The van der Waals surface area contributed by atoms with Gasteiger partial charge in [-0.05, 0) is 92.4 Å². The summed E-state index contributed by atoms with van der Waals surface area (Å²) in [6, 6.07) is 7.78. The van der Waals surface area contributed by atoms with Crippen LogP contribution in [0.25, 0.3) is 0 Å². The maximum atomic E-state index is 13.0. The van der Waals surface area contributed by atoms with Crippen LogP contribution in [0.1, 0.15) is 87.9 Å². The molecule has 0 atom stereocenters. The van der Waals surface area contributed by atoms with E-state index in [-0.39, 0.29) is 5.91 Å². The summed E-state index contributed by atoms with van der Waals surface area (Å²) in [6.45, 7) is 3.94. The number of ether oxygens (including phenoxy) is 1. The lowest BCUT2D eigenvalue weighted by Crippen LogP contribution is -2.51. The van der Waals surface area contributed by atoms with Crippen molar-refractivity contribution in [2.75, 3.05) is 20.2 Å². The Morgan fingerprint density at radius 3 is 2.14 bits per heavy atom. The minimum atomic E-state index is 0.159. The van der Waals surface area contributed by atoms with E-state index < -0.39 is 0 Å². The molecule has 0 aromatic heterocycles. The van der Waals surface area contributed by atoms with Gasteiger partial charge in [0.05, 0.1) is 6.61 Å². The van der Waals surface area contributed by atoms with Crippen LogP contribution in [0.2, 0.25) is 0 Å². The first kappa shape index (κ1) is 20.8. The highest BCUT2D eigenvalue weighted by Gasteiger charge is 2.51. The molecule has 5 rings (SSSR count). The predicted octanol–water partition coefficient (Wildman–Crippen LogP) is 6.32. The average molecular weight is 398 g/mol. The maximum absolute atomic E-state index is 13.0. The van der Waals surface area contributed by atoms with Crippen molar-refractivity contribution in [3.63, 3.8) is 0 Å². The lowest BCUT2D eigenvalue weighted by Gasteiger charge is -2.57. The number of carbonyl (C=O) groups is 1. The van der Waals surface area contributed by atoms with Gasteiger partial charge < -0.3 is 9.64 Å². The summed E-state index contributed by atoms with van der Waals surface area (Å²) in [6.07, 6.45) is 14.6. The molecule has 0 unspecified atom stereocenters. The molecule has 4 saturated carbocycles. The third-order valence-corrected chi connectivity index (χ3v) is 7.70. The van der Waals surface area contributed by atoms with Gasteiger partial charge in [0.15, 0.2) is 0 Å². The van der Waals surface area contributed by atoms with E-state index in [1.807, 2.05) is 36.2 Å². The Morgan fingerprint density at radius 1 is 0.966 bits per heavy atom. The van der Waals surface area contributed by atoms with Crippen LogP contribution in [0, 0.1) is 23.2 Å². The van der Waals surface area contributed by atoms with Gasteiger partial charge in [0.25, 0.3) is 5.91 Å². The summed E-state index contributed by atoms with van der Waals surface area (Å²) in [7, 11) is 2.00. The Kier molecular flexibility index (Phi) is 6.51. The van der Waals surface area contributed by atoms with E-state index in [0.29, 0.717) is 5.41 Å². The van der Waals surface area contributed by atoms with E-state index >= 15 is 0 Å². The molecule has 1 amide bonds. The van der Waals surface area contributed by atoms with Crippen molar-refractivity contribution in [2.24, 2.45) is 23.2 Å². The topological polar surface area (TPSA) is 29.5 Å². The largest absolute Gasteiger partial charge is 0.494 e. The van der Waals surface area contributed by atoms with Crippen molar-refractivity contribution in [3.8, 4) is 5.75 Å². The van der Waals surface area contributed by atoms with E-state index in [4.69, 9.17) is 4.74 Å². The second kappa shape index (κ2) is 9.10. The van der Waals surface area contributed by atoms with E-state index in [1.165, 1.54) is 64.2 Å². The van der Waals surface area contributed by atoms with Gasteiger partial charge in [-0.15, -0.1) is 0 Å². The highest BCUT2D eigenvalue weighted by Crippen LogP contribution is 2.60. The van der Waals surface area contributed by atoms with Gasteiger partial charge in [0, 0.05) is 19.2 Å². The fourth-order valence-corrected chi connectivity index (χ4v) is 6.87. The first-order valence-electron chi connectivity index (χ1n) is 12.1. The molecule has 4 aliphatic carbocycles. The minimum Gasteiger partial charge on any atom is -0.494 e. The molecule has 0 saturated heterocycles. The van der Waals surface area contributed by atoms with Crippen molar-refractivity contribution in [1.82, 2.24) is 4.90 Å². The molecule has 4 bridgehead atoms. The van der Waals surface area contributed by atoms with Crippen LogP contribution in [0.3, 0.4) is 0 Å². The van der Waals surface area contributed by atoms with E-state index in [9.17, 15) is 4.79 Å². The van der Waals surface area contributed by atoms with Crippen molar-refractivity contribution in [3.05, 3.63) is 29.8 Å². The smallest absolute Gasteiger partial charge is 0.253 e. The number of benzene rings is 1. The zero-order chi connectivity index (χ0) is 20.3. The third-order valence-electron chi connectivity index (χ3n) is 7.70. The first-order chi connectivity index (χ1) is 14.1. The normalized spacial score (nSPS) is 29.8. The number of carbonyl (C=O) groups excluding carboxylic acids is 1. The zero-order valence-electron chi connectivity index (χ0n) is 18.5. The molecule has 4 aliphatic rings. The Hall–Kier alpha value is -1.51. The molecule has 1 aromatic rings. The summed E-state index contributed by atoms with van der Waals surface area (Å²) in [4.78, 5) is 15.0. The number of amides is 1. The molecule has 29 heavy (non-hydrogen) atoms. The highest BCUT2D eigenvalue weighted by molar-refractivity contribution is 5.94. The van der Waals surface area contributed by atoms with Crippen molar-refractivity contribution >= 4 is 5.91 Å². The summed E-state index contributed by atoms with van der Waals surface area (Å²) in [5.41, 5.74) is 1.19. The van der Waals surface area contributed by atoms with Crippen LogP contribution in [0.5, 0.6) is 5.75 Å². The number of nitrogens with zero attached hydrogens (tertiary/aromatic N) is 1. The van der Waals surface area contributed by atoms with Crippen LogP contribution in [0.4, 0.5) is 0 Å². The molecule has 3 nitrogen and oxygen atoms in total. The lowest BCUT2D eigenvalue weighted by atomic mass is 9.49. The van der Waals surface area contributed by atoms with Gasteiger partial charge in [-0.3, -0.25) is 4.79 Å². The fraction of sp³-hybridized carbons (Fsp3) is 0.731. The zero-order valence-corrected chi connectivity index (χ0v) is 18.5. The molecular weight excluding hydrogens is 358 g/mol. The molecule has 0 N–H and O–H groups in total. The second-order valence-corrected chi connectivity index (χ2v) is 10.4. The molecule has 0 heterocycles. The molecular formula is C26H39NO2. The molecule has 0 spiro atoms. The van der Waals surface area contributed by atoms with E-state index in [2.05, 4.69) is 6.92 Å². The monoisotopic (exact) mass is 397 g/mol. The van der Waals surface area contributed by atoms with Gasteiger partial charge >= 0.3 is 0 Å². The van der Waals surface area contributed by atoms with Crippen molar-refractivity contribution in [1.29, 1.82) is 0 Å². The van der Waals surface area contributed by atoms with Crippen LogP contribution in [-0.4, -0.2) is 31.0 Å². The molecule has 0 radical (unpaired) electrons. The SMILES string of the molecule is CCCCCCCOc1ccc(C(=O)N(C)CC23CC4CC(CC(C4)C2)C3)cc1. The minimum absolute atomic E-state index is 0.159. The summed E-state index contributed by atoms with van der Waals surface area (Å²) in [5, 5.41) is 0. The standard InChI is InChI=1S/C26H39NO2/c1-3-4-5-6-7-12-29-24-10-8-23(9-11-24)25(28)27(2)19-26-16-20-13-21(17-26)15-22(14-20)18-26/h8-11,20-22H,3-7,12-19H2,1-2H3. The van der Waals surface area contributed by atoms with Gasteiger partial charge in [0.1, 0.15) is 5.75 Å². The summed E-state index contributed by atoms with van der Waals surface area (Å²) < 4.78 is 5.85. The van der Waals surface area contributed by atoms with Crippen LogP contribution in [0.15, 0.2) is 24.3 Å². The van der Waals surface area contributed by atoms with E-state index in [1.54, 1.807) is 0 Å². The summed E-state index contributed by atoms with van der Waals surface area (Å²) >= 11 is 0. The number of unbranched alkanes of at least 4 members (excludes halogenated alkanes) is 4. The number of hydrogen-bond acceptors (Lipinski definition) is 2. The molecule has 0 aliphatic heterocycles. The van der Waals surface area contributed by atoms with Gasteiger partial charge in [-0.2, -0.15) is 0 Å². The molecule has 1 aromatic carbocycles. The van der Waals surface area contributed by atoms with Gasteiger partial charge in [-0.25, -0.2) is 0 Å². The van der Waals surface area contributed by atoms with Gasteiger partial charge in [0.2, 0.25) is 0 Å². The lowest BCUT2D eigenvalue weighted by molar-refractivity contribution is -0.0629. The molecule has 160 valence electrons. The third kappa shape index (κ3) is 4.98. The van der Waals surface area contributed by atoms with Gasteiger partial charge in [-0.1, -0.05) is 32.6 Å². The quantitative estimate of drug-likeness (QED) is 0.432. The van der Waals surface area contributed by atoms with Crippen molar-refractivity contribution < 1.29 is 9.53 Å². The van der Waals surface area contributed by atoms with E-state index in [0.717, 1.165) is 48.6 Å². The average Bonchev–Trinajstić information content (AvgIpc) is 2.69. The van der Waals surface area contributed by atoms with Crippen LogP contribution >= 0.6 is 0 Å². The predicted molar refractivity (Wildman–Crippen MR) is 118 cm³/mol. The van der Waals surface area contributed by atoms with Crippen molar-refractivity contribution in [2.45, 2.75) is 77.6 Å². The Balaban J connectivity index is 1.27. The number of rotatable bonds is 10.